The number of methoxy groups -OCH3 is 2. The molecule has 1 fully saturated rings. The number of hydrogen-bond acceptors (Lipinski definition) is 6. The summed E-state index contributed by atoms with van der Waals surface area (Å²) < 4.78 is 15.9. The maximum atomic E-state index is 12.2. The van der Waals surface area contributed by atoms with E-state index >= 15 is 0 Å². The first kappa shape index (κ1) is 19.0. The van der Waals surface area contributed by atoms with Gasteiger partial charge < -0.3 is 24.8 Å². The molecule has 7 heteroatoms. The van der Waals surface area contributed by atoms with Crippen LogP contribution in [0.2, 0.25) is 0 Å². The molecule has 1 aromatic carbocycles. The molecule has 0 saturated carbocycles. The number of nitrogens with zero attached hydrogens (tertiary/aromatic N) is 1. The van der Waals surface area contributed by atoms with Crippen LogP contribution < -0.4 is 20.1 Å². The van der Waals surface area contributed by atoms with Crippen molar-refractivity contribution in [3.05, 3.63) is 42.1 Å². The highest BCUT2D eigenvalue weighted by molar-refractivity contribution is 5.91. The number of nitrogens with one attached hydrogen (secondary N) is 2. The number of anilines is 2. The number of amides is 1. The van der Waals surface area contributed by atoms with Gasteiger partial charge in [0.1, 0.15) is 5.82 Å². The quantitative estimate of drug-likeness (QED) is 0.778. The van der Waals surface area contributed by atoms with Crippen molar-refractivity contribution in [3.63, 3.8) is 0 Å². The Labute approximate surface area is 159 Å². The van der Waals surface area contributed by atoms with Crippen molar-refractivity contribution >= 4 is 17.4 Å². The van der Waals surface area contributed by atoms with Crippen molar-refractivity contribution < 1.29 is 19.0 Å². The lowest BCUT2D eigenvalue weighted by Gasteiger charge is -2.20. The number of carbonyl (C=O) groups is 1. The zero-order valence-corrected chi connectivity index (χ0v) is 15.7. The minimum absolute atomic E-state index is 0.00315. The molecule has 0 radical (unpaired) electrons. The molecule has 3 rings (SSSR count). The largest absolute Gasteiger partial charge is 0.493 e. The zero-order chi connectivity index (χ0) is 19.1. The number of rotatable bonds is 7. The second-order valence-corrected chi connectivity index (χ2v) is 6.35. The molecule has 27 heavy (non-hydrogen) atoms. The van der Waals surface area contributed by atoms with Gasteiger partial charge in [0.2, 0.25) is 5.91 Å². The Hall–Kier alpha value is -2.80. The van der Waals surface area contributed by atoms with Gasteiger partial charge in [-0.15, -0.1) is 0 Å². The van der Waals surface area contributed by atoms with Crippen LogP contribution in [0.4, 0.5) is 11.5 Å². The van der Waals surface area contributed by atoms with E-state index in [4.69, 9.17) is 14.2 Å². The smallest absolute Gasteiger partial charge is 0.228 e. The summed E-state index contributed by atoms with van der Waals surface area (Å²) in [6, 6.07) is 9.48. The average Bonchev–Trinajstić information content (AvgIpc) is 2.73. The Morgan fingerprint density at radius 3 is 2.59 bits per heavy atom. The van der Waals surface area contributed by atoms with Gasteiger partial charge in [-0.3, -0.25) is 4.79 Å². The van der Waals surface area contributed by atoms with Crippen molar-refractivity contribution in [2.75, 3.05) is 38.1 Å². The molecule has 2 aromatic rings. The van der Waals surface area contributed by atoms with Gasteiger partial charge in [-0.1, -0.05) is 6.07 Å². The van der Waals surface area contributed by atoms with Crippen LogP contribution in [-0.2, 0) is 16.1 Å². The molecule has 1 aliphatic rings. The number of aromatic nitrogens is 1. The fourth-order valence-corrected chi connectivity index (χ4v) is 2.96. The predicted molar refractivity (Wildman–Crippen MR) is 103 cm³/mol. The Balaban J connectivity index is 1.54. The molecule has 7 nitrogen and oxygen atoms in total. The lowest BCUT2D eigenvalue weighted by molar-refractivity contribution is -0.122. The van der Waals surface area contributed by atoms with Gasteiger partial charge in [-0.2, -0.15) is 0 Å². The Morgan fingerprint density at radius 1 is 1.15 bits per heavy atom. The molecule has 144 valence electrons. The summed E-state index contributed by atoms with van der Waals surface area (Å²) in [4.78, 5) is 16.5. The van der Waals surface area contributed by atoms with Gasteiger partial charge in [0.25, 0.3) is 0 Å². The van der Waals surface area contributed by atoms with Crippen LogP contribution in [0.1, 0.15) is 18.4 Å². The molecule has 0 bridgehead atoms. The fourth-order valence-electron chi connectivity index (χ4n) is 2.96. The van der Waals surface area contributed by atoms with Crippen LogP contribution >= 0.6 is 0 Å². The molecule has 0 atom stereocenters. The second-order valence-electron chi connectivity index (χ2n) is 6.35. The van der Waals surface area contributed by atoms with E-state index in [2.05, 4.69) is 15.6 Å². The highest BCUT2D eigenvalue weighted by Gasteiger charge is 2.21. The average molecular weight is 371 g/mol. The number of pyridine rings is 1. The summed E-state index contributed by atoms with van der Waals surface area (Å²) in [5.74, 6) is 1.97. The molecule has 1 aromatic heterocycles. The lowest BCUT2D eigenvalue weighted by atomic mass is 9.99. The lowest BCUT2D eigenvalue weighted by Crippen LogP contribution is -2.28. The molecule has 1 saturated heterocycles. The van der Waals surface area contributed by atoms with E-state index in [1.54, 1.807) is 26.5 Å². The van der Waals surface area contributed by atoms with Crippen LogP contribution in [0.5, 0.6) is 11.5 Å². The van der Waals surface area contributed by atoms with Crippen LogP contribution in [-0.4, -0.2) is 38.3 Å². The van der Waals surface area contributed by atoms with E-state index in [0.717, 1.165) is 24.1 Å². The maximum Gasteiger partial charge on any atom is 0.228 e. The molecule has 0 unspecified atom stereocenters. The molecular formula is C20H25N3O4. The molecule has 1 aliphatic heterocycles. The second kappa shape index (κ2) is 9.23. The van der Waals surface area contributed by atoms with Crippen LogP contribution in [0, 0.1) is 5.92 Å². The first-order valence-corrected chi connectivity index (χ1v) is 8.99. The summed E-state index contributed by atoms with van der Waals surface area (Å²) in [5.41, 5.74) is 1.93. The number of carbonyl (C=O) groups excluding carboxylic acids is 1. The summed E-state index contributed by atoms with van der Waals surface area (Å²) in [6.45, 7) is 1.91. The Kier molecular flexibility index (Phi) is 6.49. The molecule has 0 spiro atoms. The van der Waals surface area contributed by atoms with Crippen molar-refractivity contribution in [3.8, 4) is 11.5 Å². The van der Waals surface area contributed by atoms with Crippen LogP contribution in [0.15, 0.2) is 36.5 Å². The van der Waals surface area contributed by atoms with Crippen molar-refractivity contribution in [2.24, 2.45) is 5.92 Å². The van der Waals surface area contributed by atoms with Gasteiger partial charge in [0.15, 0.2) is 11.5 Å². The maximum absolute atomic E-state index is 12.2. The van der Waals surface area contributed by atoms with E-state index in [9.17, 15) is 4.79 Å². The van der Waals surface area contributed by atoms with Crippen molar-refractivity contribution in [1.82, 2.24) is 4.98 Å². The first-order valence-electron chi connectivity index (χ1n) is 8.99. The number of benzene rings is 1. The Bertz CT molecular complexity index is 758. The molecule has 0 aliphatic carbocycles. The highest BCUT2D eigenvalue weighted by atomic mass is 16.5. The van der Waals surface area contributed by atoms with Gasteiger partial charge in [-0.05, 0) is 42.7 Å². The third-order valence-corrected chi connectivity index (χ3v) is 4.55. The van der Waals surface area contributed by atoms with Gasteiger partial charge in [-0.25, -0.2) is 4.98 Å². The number of hydrogen-bond donors (Lipinski definition) is 2. The third kappa shape index (κ3) is 5.10. The summed E-state index contributed by atoms with van der Waals surface area (Å²) in [5, 5.41) is 6.18. The van der Waals surface area contributed by atoms with Crippen molar-refractivity contribution in [1.29, 1.82) is 0 Å². The number of ether oxygens (including phenoxy) is 3. The van der Waals surface area contributed by atoms with E-state index in [1.165, 1.54) is 0 Å². The van der Waals surface area contributed by atoms with E-state index in [0.29, 0.717) is 37.1 Å². The highest BCUT2D eigenvalue weighted by Crippen LogP contribution is 2.27. The fraction of sp³-hybridized carbons (Fsp3) is 0.400. The van der Waals surface area contributed by atoms with Crippen LogP contribution in [0.3, 0.4) is 0 Å². The molecule has 1 amide bonds. The normalized spacial score (nSPS) is 14.4. The summed E-state index contributed by atoms with van der Waals surface area (Å²) >= 11 is 0. The molecule has 2 N–H and O–H groups in total. The van der Waals surface area contributed by atoms with Crippen molar-refractivity contribution in [2.45, 2.75) is 19.4 Å². The molecular weight excluding hydrogens is 346 g/mol. The van der Waals surface area contributed by atoms with E-state index in [-0.39, 0.29) is 11.8 Å². The van der Waals surface area contributed by atoms with Crippen LogP contribution in [0.25, 0.3) is 0 Å². The minimum atomic E-state index is 0.00315. The van der Waals surface area contributed by atoms with E-state index in [1.807, 2.05) is 24.3 Å². The summed E-state index contributed by atoms with van der Waals surface area (Å²) in [6.07, 6.45) is 3.23. The minimum Gasteiger partial charge on any atom is -0.493 e. The first-order chi connectivity index (χ1) is 13.2. The SMILES string of the molecule is COc1ccc(CNc2ccc(NC(=O)C3CCOCC3)nc2)cc1OC. The Morgan fingerprint density at radius 2 is 1.93 bits per heavy atom. The molecule has 2 heterocycles. The summed E-state index contributed by atoms with van der Waals surface area (Å²) in [7, 11) is 3.23. The topological polar surface area (TPSA) is 81.7 Å². The monoisotopic (exact) mass is 371 g/mol. The van der Waals surface area contributed by atoms with Gasteiger partial charge >= 0.3 is 0 Å². The van der Waals surface area contributed by atoms with Gasteiger partial charge in [0.05, 0.1) is 26.1 Å². The van der Waals surface area contributed by atoms with Gasteiger partial charge in [0, 0.05) is 25.7 Å². The van der Waals surface area contributed by atoms with E-state index < -0.39 is 0 Å². The predicted octanol–water partition coefficient (Wildman–Crippen LogP) is 3.08. The zero-order valence-electron chi connectivity index (χ0n) is 15.7. The third-order valence-electron chi connectivity index (χ3n) is 4.55. The standard InChI is InChI=1S/C20H25N3O4/c1-25-17-5-3-14(11-18(17)26-2)12-21-16-4-6-19(22-13-16)23-20(24)15-7-9-27-10-8-15/h3-6,11,13,15,21H,7-10,12H2,1-2H3,(H,22,23,24).